The number of nitrogens with zero attached hydrogens (tertiary/aromatic N) is 1. The normalized spacial score (nSPS) is 11.3. The first-order valence-electron chi connectivity index (χ1n) is 10.9. The molecule has 0 unspecified atom stereocenters. The van der Waals surface area contributed by atoms with Crippen LogP contribution in [0, 0.1) is 0 Å². The van der Waals surface area contributed by atoms with Gasteiger partial charge in [-0.3, -0.25) is 4.79 Å². The number of rotatable bonds is 12. The molecule has 0 saturated heterocycles. The van der Waals surface area contributed by atoms with E-state index in [1.165, 1.54) is 0 Å². The third kappa shape index (κ3) is 5.32. The SMILES string of the molecule is CCNCCCOc1ccc2c(c1)c(=O)c1ccc(OCCCNCC)cc1n2C. The van der Waals surface area contributed by atoms with Crippen LogP contribution in [0.4, 0.5) is 0 Å². The Morgan fingerprint density at radius 1 is 0.800 bits per heavy atom. The molecular weight excluding hydrogens is 378 g/mol. The minimum atomic E-state index is 0.0231. The fourth-order valence-corrected chi connectivity index (χ4v) is 3.55. The van der Waals surface area contributed by atoms with Gasteiger partial charge in [-0.2, -0.15) is 0 Å². The number of pyridine rings is 1. The van der Waals surface area contributed by atoms with E-state index in [4.69, 9.17) is 9.47 Å². The molecule has 1 heterocycles. The smallest absolute Gasteiger partial charge is 0.197 e. The van der Waals surface area contributed by atoms with Crippen LogP contribution in [0.25, 0.3) is 21.8 Å². The van der Waals surface area contributed by atoms with E-state index >= 15 is 0 Å². The quantitative estimate of drug-likeness (QED) is 0.353. The van der Waals surface area contributed by atoms with E-state index in [1.54, 1.807) is 0 Å². The maximum atomic E-state index is 13.1. The van der Waals surface area contributed by atoms with Crippen molar-refractivity contribution < 1.29 is 9.47 Å². The Kier molecular flexibility index (Phi) is 8.11. The number of ether oxygens (including phenoxy) is 2. The molecule has 0 aliphatic heterocycles. The van der Waals surface area contributed by atoms with Crippen molar-refractivity contribution in [1.29, 1.82) is 0 Å². The molecule has 0 amide bonds. The Hall–Kier alpha value is -2.57. The number of aromatic nitrogens is 1. The molecule has 30 heavy (non-hydrogen) atoms. The van der Waals surface area contributed by atoms with Gasteiger partial charge in [0.15, 0.2) is 5.43 Å². The van der Waals surface area contributed by atoms with Crippen LogP contribution < -0.4 is 25.5 Å². The van der Waals surface area contributed by atoms with E-state index in [0.29, 0.717) is 24.0 Å². The lowest BCUT2D eigenvalue weighted by Crippen LogP contribution is -2.16. The molecule has 0 bridgehead atoms. The van der Waals surface area contributed by atoms with Crippen molar-refractivity contribution in [1.82, 2.24) is 15.2 Å². The first-order chi connectivity index (χ1) is 14.7. The van der Waals surface area contributed by atoms with Gasteiger partial charge in [0.05, 0.1) is 24.2 Å². The van der Waals surface area contributed by atoms with Gasteiger partial charge in [-0.05, 0) is 69.4 Å². The van der Waals surface area contributed by atoms with E-state index in [0.717, 1.165) is 61.6 Å². The molecular formula is C24H33N3O3. The number of benzene rings is 2. The zero-order valence-electron chi connectivity index (χ0n) is 18.3. The van der Waals surface area contributed by atoms with Crippen molar-refractivity contribution in [3.05, 3.63) is 46.6 Å². The van der Waals surface area contributed by atoms with Crippen molar-refractivity contribution >= 4 is 21.8 Å². The highest BCUT2D eigenvalue weighted by atomic mass is 16.5. The van der Waals surface area contributed by atoms with Crippen LogP contribution in [0.3, 0.4) is 0 Å². The van der Waals surface area contributed by atoms with Crippen LogP contribution in [-0.2, 0) is 7.05 Å². The van der Waals surface area contributed by atoms with Crippen LogP contribution >= 0.6 is 0 Å². The standard InChI is InChI=1S/C24H33N3O3/c1-4-25-12-6-14-29-18-9-11-22-21(16-18)24(28)20-10-8-19(17-23(20)27(22)3)30-15-7-13-26-5-2/h8-11,16-17,25-26H,4-7,12-15H2,1-3H3. The highest BCUT2D eigenvalue weighted by Gasteiger charge is 2.11. The summed E-state index contributed by atoms with van der Waals surface area (Å²) in [6.07, 6.45) is 1.87. The molecule has 6 nitrogen and oxygen atoms in total. The lowest BCUT2D eigenvalue weighted by Gasteiger charge is -2.14. The summed E-state index contributed by atoms with van der Waals surface area (Å²) in [5.74, 6) is 1.52. The van der Waals surface area contributed by atoms with Gasteiger partial charge < -0.3 is 24.7 Å². The van der Waals surface area contributed by atoms with E-state index in [2.05, 4.69) is 24.5 Å². The highest BCUT2D eigenvalue weighted by Crippen LogP contribution is 2.25. The number of hydrogen-bond acceptors (Lipinski definition) is 5. The molecule has 162 valence electrons. The van der Waals surface area contributed by atoms with E-state index in [-0.39, 0.29) is 5.43 Å². The van der Waals surface area contributed by atoms with Crippen LogP contribution in [0.2, 0.25) is 0 Å². The van der Waals surface area contributed by atoms with Gasteiger partial charge >= 0.3 is 0 Å². The second kappa shape index (κ2) is 11.0. The second-order valence-corrected chi connectivity index (χ2v) is 7.36. The zero-order valence-corrected chi connectivity index (χ0v) is 18.3. The van der Waals surface area contributed by atoms with E-state index in [1.807, 2.05) is 48.0 Å². The van der Waals surface area contributed by atoms with Crippen molar-refractivity contribution in [3.63, 3.8) is 0 Å². The minimum Gasteiger partial charge on any atom is -0.494 e. The monoisotopic (exact) mass is 411 g/mol. The Morgan fingerprint density at radius 3 is 2.03 bits per heavy atom. The molecule has 0 spiro atoms. The molecule has 0 radical (unpaired) electrons. The topological polar surface area (TPSA) is 64.5 Å². The molecule has 2 aromatic carbocycles. The van der Waals surface area contributed by atoms with Crippen LogP contribution in [-0.4, -0.2) is 44.0 Å². The number of hydrogen-bond donors (Lipinski definition) is 2. The van der Waals surface area contributed by atoms with Gasteiger partial charge in [0.25, 0.3) is 0 Å². The molecule has 2 N–H and O–H groups in total. The molecule has 3 rings (SSSR count). The summed E-state index contributed by atoms with van der Waals surface area (Å²) < 4.78 is 13.8. The summed E-state index contributed by atoms with van der Waals surface area (Å²) in [5, 5.41) is 7.93. The van der Waals surface area contributed by atoms with Crippen LogP contribution in [0.15, 0.2) is 41.2 Å². The summed E-state index contributed by atoms with van der Waals surface area (Å²) in [6, 6.07) is 11.4. The largest absolute Gasteiger partial charge is 0.494 e. The van der Waals surface area contributed by atoms with Gasteiger partial charge in [0, 0.05) is 23.9 Å². The van der Waals surface area contributed by atoms with E-state index < -0.39 is 0 Å². The second-order valence-electron chi connectivity index (χ2n) is 7.36. The maximum Gasteiger partial charge on any atom is 0.197 e. The third-order valence-electron chi connectivity index (χ3n) is 5.18. The summed E-state index contributed by atoms with van der Waals surface area (Å²) in [4.78, 5) is 13.1. The van der Waals surface area contributed by atoms with Crippen LogP contribution in [0.1, 0.15) is 26.7 Å². The Balaban J connectivity index is 1.81. The predicted octanol–water partition coefficient (Wildman–Crippen LogP) is 3.45. The Labute approximate surface area is 178 Å². The number of fused-ring (bicyclic) bond motifs is 2. The first-order valence-corrected chi connectivity index (χ1v) is 10.9. The van der Waals surface area contributed by atoms with Crippen molar-refractivity contribution in [2.45, 2.75) is 26.7 Å². The molecule has 3 aromatic rings. The average molecular weight is 412 g/mol. The summed E-state index contributed by atoms with van der Waals surface area (Å²) in [7, 11) is 1.98. The van der Waals surface area contributed by atoms with Crippen molar-refractivity contribution in [2.75, 3.05) is 39.4 Å². The number of nitrogens with one attached hydrogen (secondary N) is 2. The summed E-state index contributed by atoms with van der Waals surface area (Å²) >= 11 is 0. The van der Waals surface area contributed by atoms with E-state index in [9.17, 15) is 4.79 Å². The van der Waals surface area contributed by atoms with Gasteiger partial charge in [-0.15, -0.1) is 0 Å². The fraction of sp³-hybridized carbons (Fsp3) is 0.458. The average Bonchev–Trinajstić information content (AvgIpc) is 2.77. The van der Waals surface area contributed by atoms with Gasteiger partial charge in [-0.25, -0.2) is 0 Å². The van der Waals surface area contributed by atoms with Crippen molar-refractivity contribution in [3.8, 4) is 11.5 Å². The lowest BCUT2D eigenvalue weighted by atomic mass is 10.1. The Bertz CT molecular complexity index is 1030. The summed E-state index contributed by atoms with van der Waals surface area (Å²) in [5.41, 5.74) is 1.78. The Morgan fingerprint density at radius 2 is 1.40 bits per heavy atom. The molecule has 0 aliphatic rings. The van der Waals surface area contributed by atoms with Crippen LogP contribution in [0.5, 0.6) is 11.5 Å². The van der Waals surface area contributed by atoms with Gasteiger partial charge in [0.2, 0.25) is 0 Å². The van der Waals surface area contributed by atoms with Gasteiger partial charge in [0.1, 0.15) is 11.5 Å². The molecule has 0 atom stereocenters. The molecule has 6 heteroatoms. The highest BCUT2D eigenvalue weighted by molar-refractivity contribution is 5.94. The maximum absolute atomic E-state index is 13.1. The van der Waals surface area contributed by atoms with Crippen molar-refractivity contribution in [2.24, 2.45) is 7.05 Å². The molecule has 0 fully saturated rings. The number of aryl methyl sites for hydroxylation is 1. The zero-order chi connectivity index (χ0) is 21.3. The third-order valence-corrected chi connectivity index (χ3v) is 5.18. The molecule has 0 saturated carbocycles. The molecule has 0 aliphatic carbocycles. The lowest BCUT2D eigenvalue weighted by molar-refractivity contribution is 0.309. The van der Waals surface area contributed by atoms with Gasteiger partial charge in [-0.1, -0.05) is 13.8 Å². The predicted molar refractivity (Wildman–Crippen MR) is 124 cm³/mol. The first kappa shape index (κ1) is 22.1. The molecule has 1 aromatic heterocycles. The minimum absolute atomic E-state index is 0.0231. The fourth-order valence-electron chi connectivity index (χ4n) is 3.55. The summed E-state index contributed by atoms with van der Waals surface area (Å²) in [6.45, 7) is 9.24.